The van der Waals surface area contributed by atoms with Crippen LogP contribution in [0.1, 0.15) is 36.7 Å². The van der Waals surface area contributed by atoms with Gasteiger partial charge in [0.05, 0.1) is 23.7 Å². The zero-order valence-corrected chi connectivity index (χ0v) is 14.0. The largest absolute Gasteiger partial charge is 0.493 e. The van der Waals surface area contributed by atoms with Crippen LogP contribution in [0, 0.1) is 0 Å². The van der Waals surface area contributed by atoms with Crippen LogP contribution in [-0.4, -0.2) is 22.5 Å². The lowest BCUT2D eigenvalue weighted by molar-refractivity contribution is -0.121. The van der Waals surface area contributed by atoms with Crippen molar-refractivity contribution >= 4 is 16.9 Å². The van der Waals surface area contributed by atoms with E-state index in [-0.39, 0.29) is 11.9 Å². The fourth-order valence-corrected chi connectivity index (χ4v) is 3.30. The molecule has 1 aromatic heterocycles. The van der Waals surface area contributed by atoms with Gasteiger partial charge in [0.15, 0.2) is 0 Å². The van der Waals surface area contributed by atoms with Crippen LogP contribution in [0.15, 0.2) is 48.5 Å². The van der Waals surface area contributed by atoms with Gasteiger partial charge in [-0.05, 0) is 31.0 Å². The van der Waals surface area contributed by atoms with Crippen LogP contribution in [0.2, 0.25) is 0 Å². The number of fused-ring (bicyclic) bond motifs is 2. The third-order valence-corrected chi connectivity index (χ3v) is 4.55. The number of H-pyrrole nitrogens is 1. The lowest BCUT2D eigenvalue weighted by atomic mass is 10.0. The van der Waals surface area contributed by atoms with Crippen LogP contribution in [-0.2, 0) is 11.2 Å². The second-order valence-corrected chi connectivity index (χ2v) is 6.35. The van der Waals surface area contributed by atoms with E-state index >= 15 is 0 Å². The number of benzene rings is 2. The Bertz CT molecular complexity index is 854. The van der Waals surface area contributed by atoms with Gasteiger partial charge >= 0.3 is 0 Å². The van der Waals surface area contributed by atoms with Crippen molar-refractivity contribution in [2.24, 2.45) is 0 Å². The van der Waals surface area contributed by atoms with Crippen molar-refractivity contribution < 1.29 is 9.53 Å². The van der Waals surface area contributed by atoms with Crippen LogP contribution in [0.4, 0.5) is 0 Å². The normalized spacial score (nSPS) is 16.7. The van der Waals surface area contributed by atoms with E-state index in [9.17, 15) is 4.79 Å². The summed E-state index contributed by atoms with van der Waals surface area (Å²) in [6.07, 6.45) is 2.85. The Kier molecular flexibility index (Phi) is 4.37. The molecule has 0 spiro atoms. The summed E-state index contributed by atoms with van der Waals surface area (Å²) in [4.78, 5) is 20.2. The Labute approximate surface area is 146 Å². The molecule has 25 heavy (non-hydrogen) atoms. The zero-order chi connectivity index (χ0) is 17.1. The Balaban J connectivity index is 1.40. The van der Waals surface area contributed by atoms with Gasteiger partial charge in [-0.25, -0.2) is 4.98 Å². The minimum atomic E-state index is 0.0156. The number of nitrogens with zero attached hydrogens (tertiary/aromatic N) is 1. The molecule has 0 unspecified atom stereocenters. The molecular weight excluding hydrogens is 314 g/mol. The van der Waals surface area contributed by atoms with Crippen LogP contribution in [0.3, 0.4) is 0 Å². The topological polar surface area (TPSA) is 67.0 Å². The number of carbonyl (C=O) groups is 1. The molecular formula is C20H21N3O2. The van der Waals surface area contributed by atoms with Gasteiger partial charge in [0, 0.05) is 18.4 Å². The predicted molar refractivity (Wildman–Crippen MR) is 96.5 cm³/mol. The lowest BCUT2D eigenvalue weighted by Crippen LogP contribution is -2.28. The zero-order valence-electron chi connectivity index (χ0n) is 14.0. The molecule has 0 saturated carbocycles. The maximum absolute atomic E-state index is 12.4. The second kappa shape index (κ2) is 6.97. The highest BCUT2D eigenvalue weighted by molar-refractivity contribution is 5.77. The number of hydrogen-bond acceptors (Lipinski definition) is 3. The number of imidazole rings is 1. The summed E-state index contributed by atoms with van der Waals surface area (Å²) in [5, 5.41) is 3.16. The maximum Gasteiger partial charge on any atom is 0.220 e. The Morgan fingerprint density at radius 2 is 2.04 bits per heavy atom. The Morgan fingerprint density at radius 1 is 1.20 bits per heavy atom. The molecule has 1 amide bonds. The number of para-hydroxylation sites is 3. The summed E-state index contributed by atoms with van der Waals surface area (Å²) < 4.78 is 5.76. The molecule has 3 aromatic rings. The van der Waals surface area contributed by atoms with E-state index in [1.807, 2.05) is 48.5 Å². The van der Waals surface area contributed by atoms with Gasteiger partial charge in [0.1, 0.15) is 11.6 Å². The van der Waals surface area contributed by atoms with Crippen molar-refractivity contribution in [1.29, 1.82) is 0 Å². The van der Waals surface area contributed by atoms with Crippen LogP contribution < -0.4 is 10.1 Å². The number of ether oxygens (including phenoxy) is 1. The number of aromatic amines is 1. The SMILES string of the molecule is O=C(CCc1nc2ccccc2[nH]1)N[C@@H]1CCCOc2ccccc21. The number of aryl methyl sites for hydroxylation is 1. The van der Waals surface area contributed by atoms with E-state index < -0.39 is 0 Å². The average molecular weight is 335 g/mol. The first-order valence-electron chi connectivity index (χ1n) is 8.74. The molecule has 5 nitrogen and oxygen atoms in total. The standard InChI is InChI=1S/C20H21N3O2/c24-20(12-11-19-21-16-7-2-3-8-17(16)22-19)23-15-9-5-13-25-18-10-4-1-6-14(15)18/h1-4,6-8,10,15H,5,9,11-13H2,(H,21,22)(H,23,24)/t15-/m1/s1. The van der Waals surface area contributed by atoms with E-state index in [1.165, 1.54) is 0 Å². The quantitative estimate of drug-likeness (QED) is 0.766. The first-order valence-corrected chi connectivity index (χ1v) is 8.74. The number of amides is 1. The summed E-state index contributed by atoms with van der Waals surface area (Å²) >= 11 is 0. The van der Waals surface area contributed by atoms with Gasteiger partial charge in [-0.1, -0.05) is 30.3 Å². The second-order valence-electron chi connectivity index (χ2n) is 6.35. The molecule has 5 heteroatoms. The molecule has 1 atom stereocenters. The van der Waals surface area contributed by atoms with Gasteiger partial charge in [-0.15, -0.1) is 0 Å². The van der Waals surface area contributed by atoms with E-state index in [1.54, 1.807) is 0 Å². The van der Waals surface area contributed by atoms with Crippen molar-refractivity contribution in [3.63, 3.8) is 0 Å². The van der Waals surface area contributed by atoms with Gasteiger partial charge in [0.2, 0.25) is 5.91 Å². The van der Waals surface area contributed by atoms with Crippen molar-refractivity contribution in [1.82, 2.24) is 15.3 Å². The molecule has 0 saturated heterocycles. The van der Waals surface area contributed by atoms with Gasteiger partial charge in [-0.3, -0.25) is 4.79 Å². The number of nitrogens with one attached hydrogen (secondary N) is 2. The molecule has 128 valence electrons. The maximum atomic E-state index is 12.4. The van der Waals surface area contributed by atoms with Crippen molar-refractivity contribution in [3.8, 4) is 5.75 Å². The Hall–Kier alpha value is -2.82. The summed E-state index contributed by atoms with van der Waals surface area (Å²) in [7, 11) is 0. The molecule has 0 radical (unpaired) electrons. The highest BCUT2D eigenvalue weighted by Crippen LogP contribution is 2.31. The molecule has 1 aliphatic rings. The summed E-state index contributed by atoms with van der Waals surface area (Å²) in [5.41, 5.74) is 3.01. The van der Waals surface area contributed by atoms with Crippen molar-refractivity contribution in [2.45, 2.75) is 31.7 Å². The van der Waals surface area contributed by atoms with Gasteiger partial charge in [0.25, 0.3) is 0 Å². The number of carbonyl (C=O) groups excluding carboxylic acids is 1. The fraction of sp³-hybridized carbons (Fsp3) is 0.300. The van der Waals surface area contributed by atoms with E-state index in [4.69, 9.17) is 4.74 Å². The fourth-order valence-electron chi connectivity index (χ4n) is 3.30. The first kappa shape index (κ1) is 15.7. The number of hydrogen-bond donors (Lipinski definition) is 2. The van der Waals surface area contributed by atoms with E-state index in [0.29, 0.717) is 19.4 Å². The summed E-state index contributed by atoms with van der Waals surface area (Å²) in [5.74, 6) is 1.77. The van der Waals surface area contributed by atoms with E-state index in [2.05, 4.69) is 15.3 Å². The lowest BCUT2D eigenvalue weighted by Gasteiger charge is -2.18. The molecule has 4 rings (SSSR count). The monoisotopic (exact) mass is 335 g/mol. The minimum absolute atomic E-state index is 0.0156. The first-order chi connectivity index (χ1) is 12.3. The molecule has 2 N–H and O–H groups in total. The Morgan fingerprint density at radius 3 is 2.96 bits per heavy atom. The minimum Gasteiger partial charge on any atom is -0.493 e. The number of rotatable bonds is 4. The number of aromatic nitrogens is 2. The summed E-state index contributed by atoms with van der Waals surface area (Å²) in [6, 6.07) is 15.9. The van der Waals surface area contributed by atoms with E-state index in [0.717, 1.165) is 41.0 Å². The predicted octanol–water partition coefficient (Wildman–Crippen LogP) is 3.53. The molecule has 2 heterocycles. The van der Waals surface area contributed by atoms with Crippen LogP contribution >= 0.6 is 0 Å². The average Bonchev–Trinajstić information content (AvgIpc) is 2.95. The molecule has 0 aliphatic carbocycles. The van der Waals surface area contributed by atoms with Crippen molar-refractivity contribution in [3.05, 3.63) is 59.9 Å². The third kappa shape index (κ3) is 3.50. The summed E-state index contributed by atoms with van der Waals surface area (Å²) in [6.45, 7) is 0.697. The highest BCUT2D eigenvalue weighted by atomic mass is 16.5. The van der Waals surface area contributed by atoms with Crippen LogP contribution in [0.5, 0.6) is 5.75 Å². The molecule has 1 aliphatic heterocycles. The molecule has 0 fully saturated rings. The highest BCUT2D eigenvalue weighted by Gasteiger charge is 2.21. The van der Waals surface area contributed by atoms with Crippen molar-refractivity contribution in [2.75, 3.05) is 6.61 Å². The molecule has 0 bridgehead atoms. The molecule has 2 aromatic carbocycles. The third-order valence-electron chi connectivity index (χ3n) is 4.55. The smallest absolute Gasteiger partial charge is 0.220 e. The van der Waals surface area contributed by atoms with Gasteiger partial charge < -0.3 is 15.0 Å². The van der Waals surface area contributed by atoms with Gasteiger partial charge in [-0.2, -0.15) is 0 Å². The van der Waals surface area contributed by atoms with Crippen LogP contribution in [0.25, 0.3) is 11.0 Å².